The number of nitrogens with zero attached hydrogens (tertiary/aromatic N) is 1. The average Bonchev–Trinajstić information content (AvgIpc) is 2.29. The fourth-order valence-electron chi connectivity index (χ4n) is 1.32. The molecule has 0 aromatic heterocycles. The van der Waals surface area contributed by atoms with Crippen molar-refractivity contribution in [2.45, 2.75) is 6.04 Å². The molecule has 1 rings (SSSR count). The van der Waals surface area contributed by atoms with Crippen molar-refractivity contribution < 1.29 is 9.00 Å². The first kappa shape index (κ1) is 13.9. The van der Waals surface area contributed by atoms with Crippen LogP contribution in [0, 0.1) is 0 Å². The minimum Gasteiger partial charge on any atom is -0.348 e. The van der Waals surface area contributed by atoms with Crippen LogP contribution in [-0.4, -0.2) is 40.6 Å². The number of hydrogen-bond acceptors (Lipinski definition) is 3. The minimum absolute atomic E-state index is 0.0353. The summed E-state index contributed by atoms with van der Waals surface area (Å²) in [6.45, 7) is 0. The number of amides is 1. The summed E-state index contributed by atoms with van der Waals surface area (Å²) in [5, 5.41) is 0. The van der Waals surface area contributed by atoms with E-state index in [0.717, 1.165) is 5.56 Å². The Morgan fingerprint density at radius 2 is 1.94 bits per heavy atom. The van der Waals surface area contributed by atoms with Crippen LogP contribution in [0.25, 0.3) is 0 Å². The van der Waals surface area contributed by atoms with Gasteiger partial charge in [-0.2, -0.15) is 0 Å². The van der Waals surface area contributed by atoms with Crippen LogP contribution in [0.5, 0.6) is 0 Å². The van der Waals surface area contributed by atoms with Gasteiger partial charge in [0.05, 0.1) is 0 Å². The Bertz CT molecular complexity index is 393. The topological polar surface area (TPSA) is 63.4 Å². The molecule has 0 saturated carbocycles. The molecule has 4 nitrogen and oxygen atoms in total. The first-order valence-electron chi connectivity index (χ1n) is 5.36. The molecule has 0 radical (unpaired) electrons. The molecule has 0 spiro atoms. The molecule has 5 heteroatoms. The number of benzene rings is 1. The number of rotatable bonds is 5. The van der Waals surface area contributed by atoms with Crippen molar-refractivity contribution in [3.8, 4) is 0 Å². The van der Waals surface area contributed by atoms with Crippen LogP contribution in [0.15, 0.2) is 30.3 Å². The van der Waals surface area contributed by atoms with Crippen molar-refractivity contribution in [3.05, 3.63) is 35.9 Å². The highest BCUT2D eigenvalue weighted by atomic mass is 32.2. The average molecular weight is 254 g/mol. The van der Waals surface area contributed by atoms with E-state index in [-0.39, 0.29) is 17.7 Å². The molecule has 0 bridgehead atoms. The maximum absolute atomic E-state index is 11.7. The van der Waals surface area contributed by atoms with E-state index in [1.165, 1.54) is 4.90 Å². The van der Waals surface area contributed by atoms with E-state index in [0.29, 0.717) is 5.75 Å². The maximum atomic E-state index is 11.7. The zero-order valence-electron chi connectivity index (χ0n) is 10.1. The third-order valence-corrected chi connectivity index (χ3v) is 3.68. The maximum Gasteiger partial charge on any atom is 0.234 e. The second-order valence-electron chi connectivity index (χ2n) is 4.06. The lowest BCUT2D eigenvalue weighted by molar-refractivity contribution is -0.125. The van der Waals surface area contributed by atoms with Gasteiger partial charge in [-0.25, -0.2) is 0 Å². The summed E-state index contributed by atoms with van der Waals surface area (Å²) in [5.41, 5.74) is 6.87. The molecule has 0 saturated heterocycles. The predicted octanol–water partition coefficient (Wildman–Crippen LogP) is 0.523. The number of carbonyl (C=O) groups is 1. The third-order valence-electron chi connectivity index (χ3n) is 2.38. The molecule has 0 fully saturated rings. The molecule has 0 aliphatic carbocycles. The van der Waals surface area contributed by atoms with E-state index in [1.807, 2.05) is 30.3 Å². The zero-order chi connectivity index (χ0) is 12.8. The molecule has 2 N–H and O–H groups in total. The van der Waals surface area contributed by atoms with Crippen LogP contribution in [0.4, 0.5) is 0 Å². The molecular weight excluding hydrogens is 236 g/mol. The van der Waals surface area contributed by atoms with E-state index >= 15 is 0 Å². The Kier molecular flexibility index (Phi) is 5.31. The molecule has 2 unspecified atom stereocenters. The van der Waals surface area contributed by atoms with Crippen LogP contribution >= 0.6 is 0 Å². The summed E-state index contributed by atoms with van der Waals surface area (Å²) >= 11 is 0. The van der Waals surface area contributed by atoms with E-state index in [1.54, 1.807) is 14.1 Å². The van der Waals surface area contributed by atoms with Gasteiger partial charge in [-0.15, -0.1) is 0 Å². The van der Waals surface area contributed by atoms with Crippen molar-refractivity contribution in [3.63, 3.8) is 0 Å². The standard InChI is InChI=1S/C12H18N2O2S/c1-14(2)12(15)9-17(16)8-11(13)10-6-4-3-5-7-10/h3-7,11H,8-9,13H2,1-2H3. The molecule has 94 valence electrons. The minimum atomic E-state index is -1.22. The summed E-state index contributed by atoms with van der Waals surface area (Å²) in [6, 6.07) is 9.20. The summed E-state index contributed by atoms with van der Waals surface area (Å²) < 4.78 is 11.7. The largest absolute Gasteiger partial charge is 0.348 e. The molecule has 0 aliphatic rings. The quantitative estimate of drug-likeness (QED) is 0.833. The first-order chi connectivity index (χ1) is 8.00. The third kappa shape index (κ3) is 4.66. The zero-order valence-corrected chi connectivity index (χ0v) is 10.9. The molecule has 1 aromatic carbocycles. The normalized spacial score (nSPS) is 14.1. The van der Waals surface area contributed by atoms with E-state index in [4.69, 9.17) is 5.73 Å². The van der Waals surface area contributed by atoms with Crippen LogP contribution in [-0.2, 0) is 15.6 Å². The van der Waals surface area contributed by atoms with Gasteiger partial charge in [0.25, 0.3) is 0 Å². The van der Waals surface area contributed by atoms with Gasteiger partial charge in [0.2, 0.25) is 5.91 Å². The van der Waals surface area contributed by atoms with E-state index < -0.39 is 10.8 Å². The van der Waals surface area contributed by atoms with Crippen molar-refractivity contribution in [1.29, 1.82) is 0 Å². The van der Waals surface area contributed by atoms with Gasteiger partial charge < -0.3 is 10.6 Å². The van der Waals surface area contributed by atoms with E-state index in [2.05, 4.69) is 0 Å². The van der Waals surface area contributed by atoms with E-state index in [9.17, 15) is 9.00 Å². The molecule has 1 aromatic rings. The van der Waals surface area contributed by atoms with Gasteiger partial charge in [0.15, 0.2) is 0 Å². The molecule has 2 atom stereocenters. The monoisotopic (exact) mass is 254 g/mol. The predicted molar refractivity (Wildman–Crippen MR) is 69.9 cm³/mol. The van der Waals surface area contributed by atoms with Crippen molar-refractivity contribution >= 4 is 16.7 Å². The van der Waals surface area contributed by atoms with Crippen molar-refractivity contribution in [1.82, 2.24) is 4.90 Å². The van der Waals surface area contributed by atoms with Gasteiger partial charge in [0.1, 0.15) is 5.75 Å². The Morgan fingerprint density at radius 3 is 2.47 bits per heavy atom. The highest BCUT2D eigenvalue weighted by Gasteiger charge is 2.14. The second kappa shape index (κ2) is 6.51. The summed E-state index contributed by atoms with van der Waals surface area (Å²) in [5.74, 6) is 0.209. The second-order valence-corrected chi connectivity index (χ2v) is 5.56. The van der Waals surface area contributed by atoms with Crippen LogP contribution in [0.2, 0.25) is 0 Å². The first-order valence-corrected chi connectivity index (χ1v) is 6.85. The summed E-state index contributed by atoms with van der Waals surface area (Å²) in [6.07, 6.45) is 0. The fraction of sp³-hybridized carbons (Fsp3) is 0.417. The Hall–Kier alpha value is -1.20. The van der Waals surface area contributed by atoms with Crippen LogP contribution in [0.1, 0.15) is 11.6 Å². The molecule has 1 amide bonds. The Morgan fingerprint density at radius 1 is 1.35 bits per heavy atom. The highest BCUT2D eigenvalue weighted by Crippen LogP contribution is 2.10. The summed E-state index contributed by atoms with van der Waals surface area (Å²) in [7, 11) is 2.08. The van der Waals surface area contributed by atoms with Gasteiger partial charge in [0, 0.05) is 36.7 Å². The van der Waals surface area contributed by atoms with Gasteiger partial charge in [-0.05, 0) is 5.56 Å². The highest BCUT2D eigenvalue weighted by molar-refractivity contribution is 7.85. The molecular formula is C12H18N2O2S. The number of hydrogen-bond donors (Lipinski definition) is 1. The van der Waals surface area contributed by atoms with Crippen LogP contribution in [0.3, 0.4) is 0 Å². The smallest absolute Gasteiger partial charge is 0.234 e. The van der Waals surface area contributed by atoms with Crippen molar-refractivity contribution in [2.24, 2.45) is 5.73 Å². The van der Waals surface area contributed by atoms with Gasteiger partial charge in [-0.1, -0.05) is 30.3 Å². The summed E-state index contributed by atoms with van der Waals surface area (Å²) in [4.78, 5) is 12.8. The lowest BCUT2D eigenvalue weighted by atomic mass is 10.1. The Balaban J connectivity index is 2.50. The van der Waals surface area contributed by atoms with Gasteiger partial charge in [-0.3, -0.25) is 9.00 Å². The molecule has 0 aliphatic heterocycles. The van der Waals surface area contributed by atoms with Crippen molar-refractivity contribution in [2.75, 3.05) is 25.6 Å². The SMILES string of the molecule is CN(C)C(=O)CS(=O)CC(N)c1ccccc1. The van der Waals surface area contributed by atoms with Gasteiger partial charge >= 0.3 is 0 Å². The lowest BCUT2D eigenvalue weighted by Crippen LogP contribution is -2.29. The molecule has 17 heavy (non-hydrogen) atoms. The Labute approximate surface area is 104 Å². The number of nitrogens with two attached hydrogens (primary N) is 1. The molecule has 0 heterocycles. The van der Waals surface area contributed by atoms with Crippen LogP contribution < -0.4 is 5.73 Å². The number of carbonyl (C=O) groups excluding carboxylic acids is 1. The fourth-order valence-corrected chi connectivity index (χ4v) is 2.57. The lowest BCUT2D eigenvalue weighted by Gasteiger charge is -2.13.